The molecule has 0 saturated heterocycles. The van der Waals surface area contributed by atoms with Crippen LogP contribution in [0.15, 0.2) is 20.1 Å². The lowest BCUT2D eigenvalue weighted by Crippen LogP contribution is -2.33. The highest BCUT2D eigenvalue weighted by atomic mass is 32.2. The van der Waals surface area contributed by atoms with Crippen LogP contribution >= 0.6 is 23.1 Å². The summed E-state index contributed by atoms with van der Waals surface area (Å²) in [5.41, 5.74) is -1.06. The Labute approximate surface area is 114 Å². The smallest absolute Gasteiger partial charge is 0.365 e. The number of aromatic amines is 1. The van der Waals surface area contributed by atoms with Crippen LogP contribution in [0.2, 0.25) is 0 Å². The molecule has 0 aliphatic carbocycles. The van der Waals surface area contributed by atoms with Gasteiger partial charge in [-0.15, -0.1) is 11.3 Å². The van der Waals surface area contributed by atoms with E-state index in [1.807, 2.05) is 0 Å². The first-order valence-electron chi connectivity index (χ1n) is 4.95. The monoisotopic (exact) mass is 300 g/mol. The average Bonchev–Trinajstić information content (AvgIpc) is 2.81. The molecule has 0 fully saturated rings. The maximum Gasteiger partial charge on any atom is 0.365 e. The van der Waals surface area contributed by atoms with Crippen LogP contribution in [0.3, 0.4) is 0 Å². The molecule has 0 atom stereocenters. The first-order chi connectivity index (χ1) is 8.97. The van der Waals surface area contributed by atoms with Crippen LogP contribution in [0.4, 0.5) is 0 Å². The number of thioether (sulfide) groups is 1. The Morgan fingerprint density at radius 2 is 2.26 bits per heavy atom. The fourth-order valence-corrected chi connectivity index (χ4v) is 2.77. The molecule has 0 saturated carbocycles. The van der Waals surface area contributed by atoms with Crippen molar-refractivity contribution in [2.24, 2.45) is 7.05 Å². The summed E-state index contributed by atoms with van der Waals surface area (Å²) in [4.78, 5) is 40.3. The van der Waals surface area contributed by atoms with Crippen molar-refractivity contribution >= 4 is 29.1 Å². The Kier molecular flexibility index (Phi) is 3.81. The molecule has 0 unspecified atom stereocenters. The van der Waals surface area contributed by atoms with Gasteiger partial charge in [0.25, 0.3) is 0 Å². The molecule has 0 bridgehead atoms. The SMILES string of the molecule is Cn1[nH]c(=O)c(=O)nc1SCc1csc(C(=O)O)n1. The number of carboxylic acid groups (broad SMARTS) is 1. The predicted molar refractivity (Wildman–Crippen MR) is 68.7 cm³/mol. The van der Waals surface area contributed by atoms with Crippen LogP contribution in [0.1, 0.15) is 15.5 Å². The lowest BCUT2D eigenvalue weighted by molar-refractivity contribution is 0.0696. The highest BCUT2D eigenvalue weighted by Gasteiger charge is 2.10. The molecule has 2 rings (SSSR count). The second-order valence-corrected chi connectivity index (χ2v) is 5.24. The van der Waals surface area contributed by atoms with Gasteiger partial charge in [0, 0.05) is 18.2 Å². The van der Waals surface area contributed by atoms with E-state index in [9.17, 15) is 14.4 Å². The number of hydrogen-bond donors (Lipinski definition) is 2. The zero-order chi connectivity index (χ0) is 14.0. The molecule has 100 valence electrons. The summed E-state index contributed by atoms with van der Waals surface area (Å²) in [5.74, 6) is -0.716. The number of nitrogens with one attached hydrogen (secondary N) is 1. The van der Waals surface area contributed by atoms with Gasteiger partial charge < -0.3 is 5.11 Å². The largest absolute Gasteiger partial charge is 0.476 e. The second kappa shape index (κ2) is 5.36. The van der Waals surface area contributed by atoms with Crippen LogP contribution in [0.5, 0.6) is 0 Å². The summed E-state index contributed by atoms with van der Waals surface area (Å²) in [6.07, 6.45) is 0. The normalized spacial score (nSPS) is 10.6. The molecule has 2 heterocycles. The highest BCUT2D eigenvalue weighted by Crippen LogP contribution is 2.20. The molecule has 2 aromatic rings. The Bertz CT molecular complexity index is 732. The lowest BCUT2D eigenvalue weighted by atomic mass is 10.6. The summed E-state index contributed by atoms with van der Waals surface area (Å²) in [5, 5.41) is 13.0. The summed E-state index contributed by atoms with van der Waals surface area (Å²) < 4.78 is 1.33. The van der Waals surface area contributed by atoms with E-state index in [4.69, 9.17) is 5.11 Å². The number of carbonyl (C=O) groups is 1. The number of aromatic carboxylic acids is 1. The predicted octanol–water partition coefficient (Wildman–Crippen LogP) is -0.0844. The summed E-state index contributed by atoms with van der Waals surface area (Å²) in [6, 6.07) is 0. The summed E-state index contributed by atoms with van der Waals surface area (Å²) in [7, 11) is 1.56. The van der Waals surface area contributed by atoms with Gasteiger partial charge in [-0.1, -0.05) is 11.8 Å². The Morgan fingerprint density at radius 3 is 2.89 bits per heavy atom. The molecular formula is C9H8N4O4S2. The second-order valence-electron chi connectivity index (χ2n) is 3.44. The molecule has 0 aliphatic heterocycles. The van der Waals surface area contributed by atoms with Gasteiger partial charge in [-0.25, -0.2) is 9.78 Å². The Morgan fingerprint density at radius 1 is 1.53 bits per heavy atom. The van der Waals surface area contributed by atoms with Gasteiger partial charge in [-0.2, -0.15) is 4.98 Å². The van der Waals surface area contributed by atoms with Crippen molar-refractivity contribution in [2.75, 3.05) is 0 Å². The minimum Gasteiger partial charge on any atom is -0.476 e. The minimum absolute atomic E-state index is 0.0129. The molecule has 0 radical (unpaired) electrons. The number of aromatic nitrogens is 4. The molecule has 0 spiro atoms. The van der Waals surface area contributed by atoms with Crippen molar-refractivity contribution in [1.82, 2.24) is 19.7 Å². The van der Waals surface area contributed by atoms with Gasteiger partial charge in [0.2, 0.25) is 5.01 Å². The third-order valence-electron chi connectivity index (χ3n) is 2.03. The zero-order valence-corrected chi connectivity index (χ0v) is 11.2. The van der Waals surface area contributed by atoms with E-state index in [-0.39, 0.29) is 5.01 Å². The first kappa shape index (κ1) is 13.5. The van der Waals surface area contributed by atoms with E-state index in [0.29, 0.717) is 16.6 Å². The Balaban J connectivity index is 2.14. The van der Waals surface area contributed by atoms with Crippen LogP contribution < -0.4 is 11.1 Å². The maximum absolute atomic E-state index is 11.1. The molecule has 2 aromatic heterocycles. The number of aryl methyl sites for hydroxylation is 1. The number of nitrogens with zero attached hydrogens (tertiary/aromatic N) is 3. The van der Waals surface area contributed by atoms with Gasteiger partial charge >= 0.3 is 17.1 Å². The van der Waals surface area contributed by atoms with Gasteiger partial charge in [0.15, 0.2) is 5.16 Å². The van der Waals surface area contributed by atoms with E-state index in [2.05, 4.69) is 15.1 Å². The van der Waals surface area contributed by atoms with E-state index in [0.717, 1.165) is 11.3 Å². The van der Waals surface area contributed by atoms with E-state index in [1.54, 1.807) is 12.4 Å². The van der Waals surface area contributed by atoms with E-state index < -0.39 is 17.1 Å². The van der Waals surface area contributed by atoms with Crippen LogP contribution in [-0.4, -0.2) is 30.8 Å². The third kappa shape index (κ3) is 3.09. The van der Waals surface area contributed by atoms with Crippen LogP contribution in [0.25, 0.3) is 0 Å². The lowest BCUT2D eigenvalue weighted by Gasteiger charge is -2.04. The topological polar surface area (TPSA) is 118 Å². The number of carboxylic acids is 1. The number of H-pyrrole nitrogens is 1. The fraction of sp³-hybridized carbons (Fsp3) is 0.222. The molecule has 10 heteroatoms. The standard InChI is InChI=1S/C9H8N4O4S2/c1-13-9(11-5(14)6(15)12-13)19-3-4-2-18-7(10-4)8(16)17/h2H,3H2,1H3,(H,12,15)(H,16,17). The van der Waals surface area contributed by atoms with Gasteiger partial charge in [0.1, 0.15) is 0 Å². The van der Waals surface area contributed by atoms with E-state index in [1.165, 1.54) is 16.4 Å². The molecule has 2 N–H and O–H groups in total. The zero-order valence-electron chi connectivity index (χ0n) is 9.61. The summed E-state index contributed by atoms with van der Waals surface area (Å²) in [6.45, 7) is 0. The highest BCUT2D eigenvalue weighted by molar-refractivity contribution is 7.98. The molecule has 0 amide bonds. The first-order valence-corrected chi connectivity index (χ1v) is 6.81. The van der Waals surface area contributed by atoms with Gasteiger partial charge in [0.05, 0.1) is 5.69 Å². The van der Waals surface area contributed by atoms with Crippen molar-refractivity contribution in [3.05, 3.63) is 36.8 Å². The van der Waals surface area contributed by atoms with Crippen LogP contribution in [-0.2, 0) is 12.8 Å². The van der Waals surface area contributed by atoms with E-state index >= 15 is 0 Å². The number of thiazole rings is 1. The average molecular weight is 300 g/mol. The molecular weight excluding hydrogens is 292 g/mol. The number of rotatable bonds is 4. The van der Waals surface area contributed by atoms with Crippen molar-refractivity contribution in [3.8, 4) is 0 Å². The summed E-state index contributed by atoms with van der Waals surface area (Å²) >= 11 is 2.21. The minimum atomic E-state index is -1.07. The molecule has 8 nitrogen and oxygen atoms in total. The third-order valence-corrected chi connectivity index (χ3v) is 3.97. The molecule has 0 aromatic carbocycles. The molecule has 0 aliphatic rings. The van der Waals surface area contributed by atoms with Gasteiger partial charge in [-0.3, -0.25) is 19.4 Å². The van der Waals surface area contributed by atoms with Crippen molar-refractivity contribution in [1.29, 1.82) is 0 Å². The number of hydrogen-bond acceptors (Lipinski definition) is 7. The van der Waals surface area contributed by atoms with Crippen LogP contribution in [0, 0.1) is 0 Å². The fourth-order valence-electron chi connectivity index (χ4n) is 1.20. The van der Waals surface area contributed by atoms with Crippen molar-refractivity contribution in [3.63, 3.8) is 0 Å². The Hall–Kier alpha value is -1.94. The van der Waals surface area contributed by atoms with Crippen molar-refractivity contribution < 1.29 is 9.90 Å². The van der Waals surface area contributed by atoms with Crippen molar-refractivity contribution in [2.45, 2.75) is 10.9 Å². The maximum atomic E-state index is 11.1. The van der Waals surface area contributed by atoms with Gasteiger partial charge in [-0.05, 0) is 0 Å². The molecule has 19 heavy (non-hydrogen) atoms. The quantitative estimate of drug-likeness (QED) is 0.598.